The molecule has 0 atom stereocenters. The van der Waals surface area contributed by atoms with Crippen molar-refractivity contribution in [3.8, 4) is 5.88 Å². The number of aromatic amines is 1. The number of nitrogens with zero attached hydrogens (tertiary/aromatic N) is 2. The zero-order valence-corrected chi connectivity index (χ0v) is 13.1. The Bertz CT molecular complexity index is 743. The molecule has 7 nitrogen and oxygen atoms in total. The first kappa shape index (κ1) is 17.2. The molecule has 2 aromatic heterocycles. The number of hydrogen-bond donors (Lipinski definition) is 3. The molecule has 1 aliphatic heterocycles. The van der Waals surface area contributed by atoms with E-state index in [1.807, 2.05) is 0 Å². The molecule has 1 aliphatic rings. The van der Waals surface area contributed by atoms with Crippen molar-refractivity contribution in [1.82, 2.24) is 25.8 Å². The molecule has 134 valence electrons. The van der Waals surface area contributed by atoms with Crippen molar-refractivity contribution >= 4 is 5.91 Å². The van der Waals surface area contributed by atoms with Crippen LogP contribution in [0.15, 0.2) is 18.3 Å². The van der Waals surface area contributed by atoms with Gasteiger partial charge in [-0.05, 0) is 6.07 Å². The predicted octanol–water partition coefficient (Wildman–Crippen LogP) is 1.28. The Morgan fingerprint density at radius 2 is 2.20 bits per heavy atom. The van der Waals surface area contributed by atoms with Gasteiger partial charge in [-0.3, -0.25) is 9.89 Å². The molecule has 0 aromatic carbocycles. The molecule has 0 saturated heterocycles. The maximum Gasteiger partial charge on any atom is 0.417 e. The third-order valence-electron chi connectivity index (χ3n) is 3.72. The molecular weight excluding hydrogens is 339 g/mol. The minimum Gasteiger partial charge on any atom is -0.476 e. The Hall–Kier alpha value is -2.62. The summed E-state index contributed by atoms with van der Waals surface area (Å²) in [5.41, 5.74) is 1.31. The lowest BCUT2D eigenvalue weighted by Crippen LogP contribution is -2.31. The van der Waals surface area contributed by atoms with Gasteiger partial charge in [0.1, 0.15) is 6.61 Å². The van der Waals surface area contributed by atoms with Gasteiger partial charge in [-0.15, -0.1) is 0 Å². The van der Waals surface area contributed by atoms with Gasteiger partial charge in [-0.2, -0.15) is 18.3 Å². The number of aromatic nitrogens is 3. The van der Waals surface area contributed by atoms with E-state index in [4.69, 9.17) is 4.74 Å². The Morgan fingerprint density at radius 1 is 1.36 bits per heavy atom. The minimum atomic E-state index is -4.43. The van der Waals surface area contributed by atoms with E-state index in [1.54, 1.807) is 0 Å². The smallest absolute Gasteiger partial charge is 0.417 e. The fourth-order valence-corrected chi connectivity index (χ4v) is 2.45. The summed E-state index contributed by atoms with van der Waals surface area (Å²) in [6, 6.07) is 2.03. The van der Waals surface area contributed by atoms with Crippen LogP contribution in [0.1, 0.15) is 27.3 Å². The van der Waals surface area contributed by atoms with Gasteiger partial charge in [0.05, 0.1) is 12.1 Å². The molecule has 10 heteroatoms. The van der Waals surface area contributed by atoms with Crippen molar-refractivity contribution in [3.63, 3.8) is 0 Å². The first-order valence-corrected chi connectivity index (χ1v) is 7.66. The summed E-state index contributed by atoms with van der Waals surface area (Å²) in [5.74, 6) is -0.270. The topological polar surface area (TPSA) is 91.9 Å². The van der Waals surface area contributed by atoms with E-state index in [2.05, 4.69) is 25.8 Å². The number of nitrogens with one attached hydrogen (secondary N) is 3. The number of rotatable bonds is 5. The van der Waals surface area contributed by atoms with Crippen molar-refractivity contribution in [2.45, 2.75) is 19.1 Å². The van der Waals surface area contributed by atoms with E-state index < -0.39 is 11.7 Å². The normalized spacial score (nSPS) is 14.0. The lowest BCUT2D eigenvalue weighted by atomic mass is 10.1. The minimum absolute atomic E-state index is 0.0589. The Morgan fingerprint density at radius 3 is 2.92 bits per heavy atom. The van der Waals surface area contributed by atoms with Crippen molar-refractivity contribution in [3.05, 3.63) is 40.8 Å². The number of carbonyl (C=O) groups excluding carboxylic acids is 1. The highest BCUT2D eigenvalue weighted by molar-refractivity contribution is 5.94. The average Bonchev–Trinajstić information content (AvgIpc) is 3.02. The monoisotopic (exact) mass is 355 g/mol. The summed E-state index contributed by atoms with van der Waals surface area (Å²) in [6.45, 7) is 1.68. The molecule has 25 heavy (non-hydrogen) atoms. The maximum atomic E-state index is 12.4. The quantitative estimate of drug-likeness (QED) is 0.703. The molecule has 0 fully saturated rings. The van der Waals surface area contributed by atoms with Gasteiger partial charge in [0, 0.05) is 43.0 Å². The summed E-state index contributed by atoms with van der Waals surface area (Å²) in [6.07, 6.45) is -2.94. The summed E-state index contributed by atoms with van der Waals surface area (Å²) in [4.78, 5) is 15.7. The molecule has 0 radical (unpaired) electrons. The van der Waals surface area contributed by atoms with Crippen LogP contribution in [0.5, 0.6) is 5.88 Å². The third kappa shape index (κ3) is 4.08. The first-order valence-electron chi connectivity index (χ1n) is 7.66. The number of ether oxygens (including phenoxy) is 1. The zero-order chi connectivity index (χ0) is 17.9. The number of halogens is 3. The molecule has 3 rings (SSSR count). The van der Waals surface area contributed by atoms with Gasteiger partial charge in [0.25, 0.3) is 5.91 Å². The SMILES string of the molecule is O=C(NCCOc1ccc(C(F)(F)F)cn1)c1n[nH]c2c1CNCC2. The molecule has 3 N–H and O–H groups in total. The fourth-order valence-electron chi connectivity index (χ4n) is 2.45. The van der Waals surface area contributed by atoms with Crippen molar-refractivity contribution in [1.29, 1.82) is 0 Å². The molecular formula is C15H16F3N5O2. The number of fused-ring (bicyclic) bond motifs is 1. The van der Waals surface area contributed by atoms with Gasteiger partial charge >= 0.3 is 6.18 Å². The van der Waals surface area contributed by atoms with Crippen molar-refractivity contribution in [2.75, 3.05) is 19.7 Å². The molecule has 1 amide bonds. The number of carbonyl (C=O) groups is 1. The Kier molecular flexibility index (Phi) is 4.88. The van der Waals surface area contributed by atoms with Crippen molar-refractivity contribution in [2.24, 2.45) is 0 Å². The highest BCUT2D eigenvalue weighted by Crippen LogP contribution is 2.29. The van der Waals surface area contributed by atoms with Gasteiger partial charge in [-0.25, -0.2) is 4.98 Å². The lowest BCUT2D eigenvalue weighted by Gasteiger charge is -2.13. The second-order valence-electron chi connectivity index (χ2n) is 5.44. The van der Waals surface area contributed by atoms with Crippen LogP contribution in [0.4, 0.5) is 13.2 Å². The van der Waals surface area contributed by atoms with Crippen LogP contribution in [0.3, 0.4) is 0 Å². The zero-order valence-electron chi connectivity index (χ0n) is 13.1. The van der Waals surface area contributed by atoms with E-state index in [0.29, 0.717) is 18.4 Å². The third-order valence-corrected chi connectivity index (χ3v) is 3.72. The largest absolute Gasteiger partial charge is 0.476 e. The van der Waals surface area contributed by atoms with E-state index in [1.165, 1.54) is 0 Å². The molecule has 0 saturated carbocycles. The van der Waals surface area contributed by atoms with E-state index in [-0.39, 0.29) is 24.9 Å². The molecule has 0 aliphatic carbocycles. The first-order chi connectivity index (χ1) is 11.9. The summed E-state index contributed by atoms with van der Waals surface area (Å²) in [5, 5.41) is 12.7. The molecule has 2 aromatic rings. The predicted molar refractivity (Wildman–Crippen MR) is 81.1 cm³/mol. The second kappa shape index (κ2) is 7.09. The molecule has 0 bridgehead atoms. The summed E-state index contributed by atoms with van der Waals surface area (Å²) >= 11 is 0. The number of pyridine rings is 1. The van der Waals surface area contributed by atoms with Crippen LogP contribution in [0, 0.1) is 0 Å². The number of alkyl halides is 3. The average molecular weight is 355 g/mol. The van der Waals surface area contributed by atoms with Crippen molar-refractivity contribution < 1.29 is 22.7 Å². The lowest BCUT2D eigenvalue weighted by molar-refractivity contribution is -0.137. The van der Waals surface area contributed by atoms with Gasteiger partial charge in [-0.1, -0.05) is 0 Å². The molecule has 0 unspecified atom stereocenters. The van der Waals surface area contributed by atoms with Crippen LogP contribution < -0.4 is 15.4 Å². The van der Waals surface area contributed by atoms with Crippen LogP contribution in [0.2, 0.25) is 0 Å². The van der Waals surface area contributed by atoms with E-state index in [0.717, 1.165) is 36.4 Å². The standard InChI is InChI=1S/C15H16F3N5O2/c16-15(17,18)9-1-2-12(21-7-9)25-6-5-20-14(24)13-10-8-19-4-3-11(10)22-23-13/h1-2,7,19H,3-6,8H2,(H,20,24)(H,22,23). The van der Waals surface area contributed by atoms with Gasteiger partial charge in [0.15, 0.2) is 5.69 Å². The maximum absolute atomic E-state index is 12.4. The Balaban J connectivity index is 1.47. The number of H-pyrrole nitrogens is 1. The number of amides is 1. The Labute approximate surface area is 141 Å². The molecule has 0 spiro atoms. The highest BCUT2D eigenvalue weighted by atomic mass is 19.4. The summed E-state index contributed by atoms with van der Waals surface area (Å²) < 4.78 is 42.5. The van der Waals surface area contributed by atoms with Gasteiger partial charge < -0.3 is 15.4 Å². The molecule has 3 heterocycles. The van der Waals surface area contributed by atoms with Crippen LogP contribution in [-0.4, -0.2) is 40.8 Å². The highest BCUT2D eigenvalue weighted by Gasteiger charge is 2.30. The van der Waals surface area contributed by atoms with Crippen LogP contribution >= 0.6 is 0 Å². The fraction of sp³-hybridized carbons (Fsp3) is 0.400. The van der Waals surface area contributed by atoms with E-state index >= 15 is 0 Å². The summed E-state index contributed by atoms with van der Waals surface area (Å²) in [7, 11) is 0. The van der Waals surface area contributed by atoms with E-state index in [9.17, 15) is 18.0 Å². The van der Waals surface area contributed by atoms with Crippen LogP contribution in [0.25, 0.3) is 0 Å². The number of hydrogen-bond acceptors (Lipinski definition) is 5. The van der Waals surface area contributed by atoms with Gasteiger partial charge in [0.2, 0.25) is 5.88 Å². The van der Waals surface area contributed by atoms with Crippen LogP contribution in [-0.2, 0) is 19.1 Å². The second-order valence-corrected chi connectivity index (χ2v) is 5.44.